The molecule has 2 aromatic rings. The summed E-state index contributed by atoms with van der Waals surface area (Å²) in [5, 5.41) is 3.82. The fourth-order valence-electron chi connectivity index (χ4n) is 3.78. The van der Waals surface area contributed by atoms with Gasteiger partial charge in [0.2, 0.25) is 5.91 Å². The van der Waals surface area contributed by atoms with Gasteiger partial charge in [-0.15, -0.1) is 0 Å². The molecule has 1 aliphatic rings. The highest BCUT2D eigenvalue weighted by molar-refractivity contribution is 5.97. The highest BCUT2D eigenvalue weighted by Gasteiger charge is 2.36. The van der Waals surface area contributed by atoms with Gasteiger partial charge in [0.05, 0.1) is 12.5 Å². The molecule has 8 nitrogen and oxygen atoms in total. The third-order valence-corrected chi connectivity index (χ3v) is 5.56. The second-order valence-electron chi connectivity index (χ2n) is 9.71. The van der Waals surface area contributed by atoms with Crippen molar-refractivity contribution in [2.75, 3.05) is 18.5 Å². The van der Waals surface area contributed by atoms with Crippen molar-refractivity contribution in [3.8, 4) is 0 Å². The maximum atomic E-state index is 12.5. The largest absolute Gasteiger partial charge is 0.455 e. The minimum Gasteiger partial charge on any atom is -0.455 e. The lowest BCUT2D eigenvalue weighted by Gasteiger charge is -2.20. The molecule has 3 rings (SSSR count). The third kappa shape index (κ3) is 6.43. The van der Waals surface area contributed by atoms with Gasteiger partial charge in [-0.1, -0.05) is 39.0 Å². The van der Waals surface area contributed by atoms with Gasteiger partial charge in [0.25, 0.3) is 11.8 Å². The van der Waals surface area contributed by atoms with Gasteiger partial charge in [-0.25, -0.2) is 0 Å². The molecule has 1 heterocycles. The molecule has 3 amide bonds. The first kappa shape index (κ1) is 25.0. The van der Waals surface area contributed by atoms with Gasteiger partial charge in [-0.3, -0.25) is 29.6 Å². The van der Waals surface area contributed by atoms with E-state index in [0.29, 0.717) is 11.3 Å². The van der Waals surface area contributed by atoms with Gasteiger partial charge in [0.15, 0.2) is 6.61 Å². The molecule has 0 saturated carbocycles. The van der Waals surface area contributed by atoms with E-state index in [1.165, 1.54) is 0 Å². The second kappa shape index (κ2) is 10.1. The Bertz CT molecular complexity index is 1080. The van der Waals surface area contributed by atoms with Crippen molar-refractivity contribution in [2.24, 2.45) is 5.92 Å². The fourth-order valence-corrected chi connectivity index (χ4v) is 3.78. The molecule has 0 spiro atoms. The normalized spacial score (nSPS) is 15.7. The molecular formula is C26H31N3O5. The van der Waals surface area contributed by atoms with Crippen LogP contribution in [-0.2, 0) is 24.5 Å². The number of hydrazine groups is 1. The smallest absolute Gasteiger partial charge is 0.311 e. The standard InChI is InChI=1S/C26H31N3O5/c1-16-10-17(2)12-21(11-16)27-22(30)15-34-25(33)19-13-23(31)29(14-19)28-24(32)18-6-8-20(9-7-18)26(3,4)5/h6-12,19H,13-15H2,1-5H3,(H,27,30)(H,28,32)/t19-/m1/s1. The van der Waals surface area contributed by atoms with Crippen LogP contribution < -0.4 is 10.7 Å². The number of nitrogens with zero attached hydrogens (tertiary/aromatic N) is 1. The van der Waals surface area contributed by atoms with E-state index in [0.717, 1.165) is 21.7 Å². The Kier molecular flexibility index (Phi) is 7.39. The Morgan fingerprint density at radius 1 is 1.03 bits per heavy atom. The molecule has 0 aromatic heterocycles. The number of rotatable bonds is 6. The number of nitrogens with one attached hydrogen (secondary N) is 2. The molecule has 0 bridgehead atoms. The van der Waals surface area contributed by atoms with E-state index in [9.17, 15) is 19.2 Å². The van der Waals surface area contributed by atoms with E-state index < -0.39 is 30.3 Å². The number of anilines is 1. The van der Waals surface area contributed by atoms with Crippen molar-refractivity contribution in [1.29, 1.82) is 0 Å². The van der Waals surface area contributed by atoms with Crippen LogP contribution in [-0.4, -0.2) is 41.9 Å². The summed E-state index contributed by atoms with van der Waals surface area (Å²) in [5.74, 6) is -2.70. The average molecular weight is 466 g/mol. The maximum absolute atomic E-state index is 12.5. The molecule has 0 aliphatic carbocycles. The molecule has 1 atom stereocenters. The number of hydrogen-bond acceptors (Lipinski definition) is 5. The zero-order valence-electron chi connectivity index (χ0n) is 20.2. The van der Waals surface area contributed by atoms with Crippen LogP contribution in [0.3, 0.4) is 0 Å². The highest BCUT2D eigenvalue weighted by atomic mass is 16.5. The molecule has 1 aliphatic heterocycles. The molecule has 2 N–H and O–H groups in total. The Morgan fingerprint density at radius 3 is 2.24 bits per heavy atom. The highest BCUT2D eigenvalue weighted by Crippen LogP contribution is 2.23. The molecule has 8 heteroatoms. The lowest BCUT2D eigenvalue weighted by molar-refractivity contribution is -0.151. The summed E-state index contributed by atoms with van der Waals surface area (Å²) < 4.78 is 5.11. The summed E-state index contributed by atoms with van der Waals surface area (Å²) in [6, 6.07) is 12.8. The Labute approximate surface area is 199 Å². The van der Waals surface area contributed by atoms with Crippen molar-refractivity contribution >= 4 is 29.4 Å². The van der Waals surface area contributed by atoms with Crippen LogP contribution >= 0.6 is 0 Å². The molecule has 180 valence electrons. The molecule has 1 fully saturated rings. The van der Waals surface area contributed by atoms with Gasteiger partial charge in [0, 0.05) is 17.7 Å². The number of hydrogen-bond donors (Lipinski definition) is 2. The lowest BCUT2D eigenvalue weighted by atomic mass is 9.87. The van der Waals surface area contributed by atoms with Crippen molar-refractivity contribution in [2.45, 2.75) is 46.5 Å². The second-order valence-corrected chi connectivity index (χ2v) is 9.71. The van der Waals surface area contributed by atoms with Crippen LogP contribution in [0.25, 0.3) is 0 Å². The average Bonchev–Trinajstić information content (AvgIpc) is 3.11. The van der Waals surface area contributed by atoms with Crippen LogP contribution in [0.5, 0.6) is 0 Å². The maximum Gasteiger partial charge on any atom is 0.311 e. The minimum atomic E-state index is -0.759. The number of amides is 3. The first-order chi connectivity index (χ1) is 15.9. The van der Waals surface area contributed by atoms with Gasteiger partial charge in [-0.05, 0) is 60.2 Å². The summed E-state index contributed by atoms with van der Waals surface area (Å²) >= 11 is 0. The molecule has 34 heavy (non-hydrogen) atoms. The summed E-state index contributed by atoms with van der Waals surface area (Å²) in [5.41, 5.74) is 6.65. The number of esters is 1. The number of ether oxygens (including phenoxy) is 1. The van der Waals surface area contributed by atoms with Crippen LogP contribution in [0, 0.1) is 19.8 Å². The van der Waals surface area contributed by atoms with Crippen LogP contribution in [0.15, 0.2) is 42.5 Å². The van der Waals surface area contributed by atoms with Crippen molar-refractivity contribution in [3.05, 3.63) is 64.7 Å². The fraction of sp³-hybridized carbons (Fsp3) is 0.385. The van der Waals surface area contributed by atoms with Crippen LogP contribution in [0.2, 0.25) is 0 Å². The summed E-state index contributed by atoms with van der Waals surface area (Å²) in [7, 11) is 0. The lowest BCUT2D eigenvalue weighted by Crippen LogP contribution is -2.43. The zero-order valence-corrected chi connectivity index (χ0v) is 20.2. The molecule has 2 aromatic carbocycles. The third-order valence-electron chi connectivity index (χ3n) is 5.56. The van der Waals surface area contributed by atoms with Gasteiger partial charge < -0.3 is 10.1 Å². The van der Waals surface area contributed by atoms with Crippen molar-refractivity contribution < 1.29 is 23.9 Å². The van der Waals surface area contributed by atoms with E-state index in [2.05, 4.69) is 31.5 Å². The number of carbonyl (C=O) groups excluding carboxylic acids is 4. The first-order valence-electron chi connectivity index (χ1n) is 11.2. The van der Waals surface area contributed by atoms with E-state index in [-0.39, 0.29) is 24.3 Å². The number of carbonyl (C=O) groups is 4. The number of aryl methyl sites for hydroxylation is 2. The topological polar surface area (TPSA) is 105 Å². The quantitative estimate of drug-likeness (QED) is 0.637. The summed E-state index contributed by atoms with van der Waals surface area (Å²) in [4.78, 5) is 49.4. The minimum absolute atomic E-state index is 0.0117. The number of benzene rings is 2. The van der Waals surface area contributed by atoms with Crippen LogP contribution in [0.4, 0.5) is 5.69 Å². The Morgan fingerprint density at radius 2 is 1.65 bits per heavy atom. The molecule has 0 radical (unpaired) electrons. The SMILES string of the molecule is Cc1cc(C)cc(NC(=O)COC(=O)[C@@H]2CC(=O)N(NC(=O)c3ccc(C(C)(C)C)cc3)C2)c1. The van der Waals surface area contributed by atoms with Crippen LogP contribution in [0.1, 0.15) is 54.2 Å². The predicted octanol–water partition coefficient (Wildman–Crippen LogP) is 3.28. The Hall–Kier alpha value is -3.68. The summed E-state index contributed by atoms with van der Waals surface area (Å²) in [6.45, 7) is 9.62. The van der Waals surface area contributed by atoms with E-state index >= 15 is 0 Å². The summed E-state index contributed by atoms with van der Waals surface area (Å²) in [6.07, 6.45) is -0.0965. The molecule has 0 unspecified atom stereocenters. The van der Waals surface area contributed by atoms with Crippen molar-refractivity contribution in [3.63, 3.8) is 0 Å². The van der Waals surface area contributed by atoms with E-state index in [1.54, 1.807) is 12.1 Å². The monoisotopic (exact) mass is 465 g/mol. The predicted molar refractivity (Wildman–Crippen MR) is 128 cm³/mol. The van der Waals surface area contributed by atoms with Gasteiger partial charge >= 0.3 is 5.97 Å². The zero-order chi connectivity index (χ0) is 25.0. The van der Waals surface area contributed by atoms with Crippen molar-refractivity contribution in [1.82, 2.24) is 10.4 Å². The molecular weight excluding hydrogens is 434 g/mol. The first-order valence-corrected chi connectivity index (χ1v) is 11.2. The molecule has 1 saturated heterocycles. The van der Waals surface area contributed by atoms with E-state index in [1.807, 2.05) is 44.2 Å². The van der Waals surface area contributed by atoms with E-state index in [4.69, 9.17) is 4.74 Å². The van der Waals surface area contributed by atoms with Gasteiger partial charge in [-0.2, -0.15) is 0 Å². The van der Waals surface area contributed by atoms with Gasteiger partial charge in [0.1, 0.15) is 0 Å². The Balaban J connectivity index is 1.50.